The maximum atomic E-state index is 6.27. The van der Waals surface area contributed by atoms with Gasteiger partial charge in [0.1, 0.15) is 0 Å². The lowest BCUT2D eigenvalue weighted by Gasteiger charge is -2.11. The van der Waals surface area contributed by atoms with E-state index >= 15 is 0 Å². The van der Waals surface area contributed by atoms with Crippen LogP contribution in [0.5, 0.6) is 0 Å². The minimum absolute atomic E-state index is 0.769. The van der Waals surface area contributed by atoms with Crippen LogP contribution >= 0.6 is 0 Å². The molecule has 0 atom stereocenters. The zero-order valence-corrected chi connectivity index (χ0v) is 10.8. The normalized spacial score (nSPS) is 10.5. The van der Waals surface area contributed by atoms with Crippen LogP contribution in [0.4, 0.5) is 11.4 Å². The van der Waals surface area contributed by atoms with Gasteiger partial charge in [0.25, 0.3) is 0 Å². The van der Waals surface area contributed by atoms with Crippen LogP contribution in [0.2, 0.25) is 0 Å². The number of benzene rings is 2. The molecule has 0 saturated carbocycles. The smallest absolute Gasteiger partial charge is 0.0426 e. The summed E-state index contributed by atoms with van der Waals surface area (Å²) in [5.74, 6) is 0. The van der Waals surface area contributed by atoms with E-state index in [-0.39, 0.29) is 0 Å². The summed E-state index contributed by atoms with van der Waals surface area (Å²) in [4.78, 5) is 0. The highest BCUT2D eigenvalue weighted by molar-refractivity contribution is 5.80. The fraction of sp³-hybridized carbons (Fsp3) is 0.250. The first-order chi connectivity index (χ1) is 8.72. The van der Waals surface area contributed by atoms with Crippen molar-refractivity contribution in [3.63, 3.8) is 0 Å². The topological polar surface area (TPSA) is 52.0 Å². The Morgan fingerprint density at radius 1 is 1.00 bits per heavy atom. The second kappa shape index (κ2) is 5.58. The molecule has 0 aliphatic heterocycles. The van der Waals surface area contributed by atoms with Crippen LogP contribution < -0.4 is 11.5 Å². The Labute approximate surface area is 109 Å². The molecule has 2 heteroatoms. The van der Waals surface area contributed by atoms with Crippen molar-refractivity contribution in [2.75, 3.05) is 11.5 Å². The van der Waals surface area contributed by atoms with Gasteiger partial charge in [0, 0.05) is 16.9 Å². The molecule has 18 heavy (non-hydrogen) atoms. The number of anilines is 2. The van der Waals surface area contributed by atoms with Crippen LogP contribution in [0, 0.1) is 0 Å². The summed E-state index contributed by atoms with van der Waals surface area (Å²) in [5, 5.41) is 0. The molecular formula is C16H20N2. The van der Waals surface area contributed by atoms with Crippen molar-refractivity contribution in [3.05, 3.63) is 48.0 Å². The molecule has 0 bridgehead atoms. The summed E-state index contributed by atoms with van der Waals surface area (Å²) in [6.07, 6.45) is 3.39. The summed E-state index contributed by atoms with van der Waals surface area (Å²) in [6.45, 7) is 2.19. The molecule has 0 aliphatic rings. The van der Waals surface area contributed by atoms with Crippen LogP contribution in [-0.4, -0.2) is 0 Å². The van der Waals surface area contributed by atoms with Gasteiger partial charge in [-0.05, 0) is 36.1 Å². The van der Waals surface area contributed by atoms with E-state index < -0.39 is 0 Å². The Morgan fingerprint density at radius 2 is 1.78 bits per heavy atom. The minimum atomic E-state index is 0.769. The molecule has 0 unspecified atom stereocenters. The molecule has 2 rings (SSSR count). The Hall–Kier alpha value is -1.96. The molecule has 4 N–H and O–H groups in total. The average Bonchev–Trinajstić information content (AvgIpc) is 2.37. The van der Waals surface area contributed by atoms with Gasteiger partial charge in [-0.25, -0.2) is 0 Å². The highest BCUT2D eigenvalue weighted by atomic mass is 14.6. The molecule has 2 aromatic carbocycles. The standard InChI is InChI=1S/C16H20N2/c1-2-3-6-12-7-5-10-15(16(12)18)13-8-4-9-14(17)11-13/h4-5,7-11H,2-3,6,17-18H2,1H3. The second-order valence-electron chi connectivity index (χ2n) is 4.61. The molecule has 0 spiro atoms. The minimum Gasteiger partial charge on any atom is -0.399 e. The van der Waals surface area contributed by atoms with Crippen molar-refractivity contribution in [3.8, 4) is 11.1 Å². The van der Waals surface area contributed by atoms with E-state index in [1.165, 1.54) is 18.4 Å². The number of unbranched alkanes of at least 4 members (excludes halogenated alkanes) is 1. The van der Waals surface area contributed by atoms with Crippen molar-refractivity contribution < 1.29 is 0 Å². The quantitative estimate of drug-likeness (QED) is 0.797. The molecule has 2 aromatic rings. The fourth-order valence-electron chi connectivity index (χ4n) is 2.16. The first-order valence-corrected chi connectivity index (χ1v) is 6.45. The van der Waals surface area contributed by atoms with Gasteiger partial charge in [-0.15, -0.1) is 0 Å². The van der Waals surface area contributed by atoms with Gasteiger partial charge in [-0.2, -0.15) is 0 Å². The molecule has 94 valence electrons. The molecular weight excluding hydrogens is 220 g/mol. The van der Waals surface area contributed by atoms with E-state index in [0.29, 0.717) is 0 Å². The van der Waals surface area contributed by atoms with Crippen molar-refractivity contribution >= 4 is 11.4 Å². The molecule has 0 heterocycles. The lowest BCUT2D eigenvalue weighted by atomic mass is 9.97. The third-order valence-electron chi connectivity index (χ3n) is 3.19. The van der Waals surface area contributed by atoms with Crippen molar-refractivity contribution in [2.45, 2.75) is 26.2 Å². The van der Waals surface area contributed by atoms with E-state index in [2.05, 4.69) is 25.1 Å². The van der Waals surface area contributed by atoms with E-state index in [9.17, 15) is 0 Å². The van der Waals surface area contributed by atoms with Crippen LogP contribution in [0.1, 0.15) is 25.3 Å². The van der Waals surface area contributed by atoms with E-state index in [4.69, 9.17) is 11.5 Å². The number of aryl methyl sites for hydroxylation is 1. The third kappa shape index (κ3) is 2.65. The Morgan fingerprint density at radius 3 is 2.50 bits per heavy atom. The fourth-order valence-corrected chi connectivity index (χ4v) is 2.16. The number of hydrogen-bond acceptors (Lipinski definition) is 2. The summed E-state index contributed by atoms with van der Waals surface area (Å²) >= 11 is 0. The summed E-state index contributed by atoms with van der Waals surface area (Å²) in [6, 6.07) is 14.1. The van der Waals surface area contributed by atoms with E-state index in [1.54, 1.807) is 0 Å². The number of para-hydroxylation sites is 1. The summed E-state index contributed by atoms with van der Waals surface area (Å²) < 4.78 is 0. The zero-order chi connectivity index (χ0) is 13.0. The van der Waals surface area contributed by atoms with Gasteiger partial charge in [0.15, 0.2) is 0 Å². The predicted octanol–water partition coefficient (Wildman–Crippen LogP) is 3.86. The largest absolute Gasteiger partial charge is 0.399 e. The Kier molecular flexibility index (Phi) is 3.88. The van der Waals surface area contributed by atoms with Gasteiger partial charge in [0.05, 0.1) is 0 Å². The predicted molar refractivity (Wildman–Crippen MR) is 79.3 cm³/mol. The van der Waals surface area contributed by atoms with Crippen molar-refractivity contribution in [1.82, 2.24) is 0 Å². The molecule has 0 fully saturated rings. The maximum absolute atomic E-state index is 6.27. The first-order valence-electron chi connectivity index (χ1n) is 6.45. The van der Waals surface area contributed by atoms with Gasteiger partial charge in [0.2, 0.25) is 0 Å². The van der Waals surface area contributed by atoms with Crippen molar-refractivity contribution in [1.29, 1.82) is 0 Å². The molecule has 0 amide bonds. The number of nitrogens with two attached hydrogens (primary N) is 2. The molecule has 0 saturated heterocycles. The monoisotopic (exact) mass is 240 g/mol. The highest BCUT2D eigenvalue weighted by Crippen LogP contribution is 2.30. The van der Waals surface area contributed by atoms with E-state index in [0.717, 1.165) is 28.9 Å². The average molecular weight is 240 g/mol. The SMILES string of the molecule is CCCCc1cccc(-c2cccc(N)c2)c1N. The maximum Gasteiger partial charge on any atom is 0.0426 e. The van der Waals surface area contributed by atoms with Gasteiger partial charge in [-0.3, -0.25) is 0 Å². The Bertz CT molecular complexity index is 532. The van der Waals surface area contributed by atoms with Gasteiger partial charge in [-0.1, -0.05) is 43.7 Å². The molecule has 0 aliphatic carbocycles. The van der Waals surface area contributed by atoms with Crippen LogP contribution in [-0.2, 0) is 6.42 Å². The molecule has 0 aromatic heterocycles. The van der Waals surface area contributed by atoms with Gasteiger partial charge >= 0.3 is 0 Å². The number of hydrogen-bond donors (Lipinski definition) is 2. The molecule has 0 radical (unpaired) electrons. The second-order valence-corrected chi connectivity index (χ2v) is 4.61. The lowest BCUT2D eigenvalue weighted by molar-refractivity contribution is 0.796. The highest BCUT2D eigenvalue weighted by Gasteiger charge is 2.06. The van der Waals surface area contributed by atoms with E-state index in [1.807, 2.05) is 24.3 Å². The van der Waals surface area contributed by atoms with Crippen LogP contribution in [0.15, 0.2) is 42.5 Å². The van der Waals surface area contributed by atoms with Crippen molar-refractivity contribution in [2.24, 2.45) is 0 Å². The number of nitrogen functional groups attached to an aromatic ring is 2. The van der Waals surface area contributed by atoms with Crippen LogP contribution in [0.3, 0.4) is 0 Å². The van der Waals surface area contributed by atoms with Gasteiger partial charge < -0.3 is 11.5 Å². The summed E-state index contributed by atoms with van der Waals surface area (Å²) in [7, 11) is 0. The lowest BCUT2D eigenvalue weighted by Crippen LogP contribution is -1.97. The first kappa shape index (κ1) is 12.5. The molecule has 2 nitrogen and oxygen atoms in total. The number of rotatable bonds is 4. The van der Waals surface area contributed by atoms with Crippen LogP contribution in [0.25, 0.3) is 11.1 Å². The summed E-state index contributed by atoms with van der Waals surface area (Å²) in [5.41, 5.74) is 17.1. The third-order valence-corrected chi connectivity index (χ3v) is 3.19. The zero-order valence-electron chi connectivity index (χ0n) is 10.8. The Balaban J connectivity index is 2.39.